The molecule has 25 heavy (non-hydrogen) atoms. The molecule has 2 saturated heterocycles. The zero-order valence-electron chi connectivity index (χ0n) is 15.0. The molecule has 1 aromatic heterocycles. The molecule has 0 N–H and O–H groups in total. The number of esters is 1. The average Bonchev–Trinajstić information content (AvgIpc) is 3.00. The Morgan fingerprint density at radius 1 is 1.36 bits per heavy atom. The lowest BCUT2D eigenvalue weighted by Crippen LogP contribution is -2.52. The molecule has 4 aliphatic rings. The van der Waals surface area contributed by atoms with Gasteiger partial charge in [0, 0.05) is 32.2 Å². The van der Waals surface area contributed by atoms with E-state index in [0.29, 0.717) is 41.7 Å². The third-order valence-corrected chi connectivity index (χ3v) is 6.86. The number of carbonyl (C=O) groups excluding carboxylic acids is 1. The number of hydrogen-bond donors (Lipinski definition) is 0. The molecule has 3 atom stereocenters. The zero-order valence-corrected chi connectivity index (χ0v) is 15.0. The van der Waals surface area contributed by atoms with Gasteiger partial charge in [-0.15, -0.1) is 0 Å². The number of anilines is 1. The van der Waals surface area contributed by atoms with E-state index in [1.165, 1.54) is 19.3 Å². The number of aryl methyl sites for hydroxylation is 1. The smallest absolute Gasteiger partial charge is 0.324 e. The van der Waals surface area contributed by atoms with E-state index >= 15 is 0 Å². The molecule has 5 rings (SSSR count). The van der Waals surface area contributed by atoms with Crippen LogP contribution in [0.5, 0.6) is 0 Å². The summed E-state index contributed by atoms with van der Waals surface area (Å²) >= 11 is 0. The molecule has 1 unspecified atom stereocenters. The van der Waals surface area contributed by atoms with Crippen LogP contribution in [0, 0.1) is 30.1 Å². The number of ether oxygens (including phenoxy) is 1. The summed E-state index contributed by atoms with van der Waals surface area (Å²) in [5, 5.41) is 3.90. The highest BCUT2D eigenvalue weighted by Gasteiger charge is 2.62. The predicted octanol–water partition coefficient (Wildman–Crippen LogP) is 1.48. The van der Waals surface area contributed by atoms with Crippen LogP contribution < -0.4 is 4.90 Å². The largest absolute Gasteiger partial charge is 0.466 e. The zero-order chi connectivity index (χ0) is 17.2. The summed E-state index contributed by atoms with van der Waals surface area (Å²) in [5.41, 5.74) is 0.431. The van der Waals surface area contributed by atoms with Crippen LogP contribution in [-0.2, 0) is 9.53 Å². The van der Waals surface area contributed by atoms with Crippen LogP contribution in [-0.4, -0.2) is 59.8 Å². The Morgan fingerprint density at radius 2 is 2.12 bits per heavy atom. The molecule has 2 saturated carbocycles. The van der Waals surface area contributed by atoms with Crippen molar-refractivity contribution in [3.63, 3.8) is 0 Å². The normalized spacial score (nSPS) is 39.5. The highest BCUT2D eigenvalue weighted by molar-refractivity contribution is 5.77. The maximum absolute atomic E-state index is 11.9. The number of fused-ring (bicyclic) bond motifs is 1. The van der Waals surface area contributed by atoms with Crippen molar-refractivity contribution in [1.82, 2.24) is 15.0 Å². The van der Waals surface area contributed by atoms with E-state index in [4.69, 9.17) is 9.26 Å². The minimum absolute atomic E-state index is 0.0310. The molecule has 0 aromatic carbocycles. The first-order chi connectivity index (χ1) is 12.1. The number of piperidine rings is 1. The van der Waals surface area contributed by atoms with Crippen LogP contribution in [0.4, 0.5) is 6.01 Å². The van der Waals surface area contributed by atoms with Gasteiger partial charge in [0.1, 0.15) is 0 Å². The van der Waals surface area contributed by atoms with Crippen molar-refractivity contribution in [1.29, 1.82) is 0 Å². The second-order valence-electron chi connectivity index (χ2n) is 8.42. The standard InChI is InChI=1S/C18H26N4O3/c1-3-24-16(23)15-13-8-22(9-14(13)15)12-6-18(7-12)4-5-21(10-18)17-19-11(2)20-25-17/h12-15H,3-10H2,1-2H3/t12?,13-,14+,15?,18?. The van der Waals surface area contributed by atoms with Crippen molar-refractivity contribution in [3.05, 3.63) is 5.82 Å². The van der Waals surface area contributed by atoms with Gasteiger partial charge >= 0.3 is 12.0 Å². The fraction of sp³-hybridized carbons (Fsp3) is 0.833. The van der Waals surface area contributed by atoms with Crippen molar-refractivity contribution >= 4 is 12.0 Å². The van der Waals surface area contributed by atoms with Gasteiger partial charge in [0.25, 0.3) is 0 Å². The van der Waals surface area contributed by atoms with Crippen LogP contribution in [0.3, 0.4) is 0 Å². The average molecular weight is 346 g/mol. The third kappa shape index (κ3) is 2.46. The second kappa shape index (κ2) is 5.43. The van der Waals surface area contributed by atoms with E-state index in [0.717, 1.165) is 26.2 Å². The lowest BCUT2D eigenvalue weighted by Gasteiger charge is -2.49. The number of rotatable bonds is 4. The fourth-order valence-corrected chi connectivity index (χ4v) is 5.49. The predicted molar refractivity (Wildman–Crippen MR) is 90.0 cm³/mol. The van der Waals surface area contributed by atoms with Gasteiger partial charge in [-0.1, -0.05) is 5.16 Å². The van der Waals surface area contributed by atoms with Gasteiger partial charge in [-0.05, 0) is 50.4 Å². The summed E-state index contributed by atoms with van der Waals surface area (Å²) in [7, 11) is 0. The van der Waals surface area contributed by atoms with E-state index < -0.39 is 0 Å². The molecule has 1 aromatic rings. The first-order valence-electron chi connectivity index (χ1n) is 9.54. The van der Waals surface area contributed by atoms with Crippen LogP contribution in [0.15, 0.2) is 4.52 Å². The van der Waals surface area contributed by atoms with Crippen molar-refractivity contribution in [2.75, 3.05) is 37.7 Å². The van der Waals surface area contributed by atoms with Crippen LogP contribution in [0.25, 0.3) is 0 Å². The highest BCUT2D eigenvalue weighted by Crippen LogP contribution is 2.57. The van der Waals surface area contributed by atoms with Gasteiger partial charge < -0.3 is 14.2 Å². The van der Waals surface area contributed by atoms with E-state index in [-0.39, 0.29) is 11.9 Å². The third-order valence-electron chi connectivity index (χ3n) is 6.86. The van der Waals surface area contributed by atoms with E-state index in [2.05, 4.69) is 19.9 Å². The minimum Gasteiger partial charge on any atom is -0.466 e. The summed E-state index contributed by atoms with van der Waals surface area (Å²) < 4.78 is 10.5. The van der Waals surface area contributed by atoms with Gasteiger partial charge in [-0.3, -0.25) is 9.69 Å². The molecule has 7 heteroatoms. The molecule has 7 nitrogen and oxygen atoms in total. The summed E-state index contributed by atoms with van der Waals surface area (Å²) in [6, 6.07) is 1.37. The van der Waals surface area contributed by atoms with Crippen molar-refractivity contribution in [2.24, 2.45) is 23.2 Å². The van der Waals surface area contributed by atoms with Gasteiger partial charge in [-0.25, -0.2) is 0 Å². The van der Waals surface area contributed by atoms with Gasteiger partial charge in [-0.2, -0.15) is 4.98 Å². The Balaban J connectivity index is 1.12. The second-order valence-corrected chi connectivity index (χ2v) is 8.42. The van der Waals surface area contributed by atoms with Gasteiger partial charge in [0.2, 0.25) is 0 Å². The highest BCUT2D eigenvalue weighted by atomic mass is 16.5. The molecule has 0 bridgehead atoms. The lowest BCUT2D eigenvalue weighted by molar-refractivity contribution is -0.146. The summed E-state index contributed by atoms with van der Waals surface area (Å²) in [5.74, 6) is 2.03. The maximum atomic E-state index is 11.9. The molecular formula is C18H26N4O3. The monoisotopic (exact) mass is 346 g/mol. The number of aromatic nitrogens is 2. The first kappa shape index (κ1) is 15.6. The lowest BCUT2D eigenvalue weighted by atomic mass is 9.64. The number of nitrogens with zero attached hydrogens (tertiary/aromatic N) is 4. The molecule has 4 fully saturated rings. The van der Waals surface area contributed by atoms with Gasteiger partial charge in [0.15, 0.2) is 5.82 Å². The molecule has 0 radical (unpaired) electrons. The molecule has 1 spiro atoms. The quantitative estimate of drug-likeness (QED) is 0.765. The molecule has 2 aliphatic heterocycles. The topological polar surface area (TPSA) is 71.7 Å². The van der Waals surface area contributed by atoms with E-state index in [1.54, 1.807) is 0 Å². The SMILES string of the molecule is CCOC(=O)C1[C@H]2CN(C3CC4(CCN(c5nc(C)no5)C4)C3)C[C@@H]12. The van der Waals surface area contributed by atoms with Crippen LogP contribution in [0.1, 0.15) is 32.0 Å². The van der Waals surface area contributed by atoms with Gasteiger partial charge in [0.05, 0.1) is 12.5 Å². The van der Waals surface area contributed by atoms with Crippen molar-refractivity contribution in [3.8, 4) is 0 Å². The Labute approximate surface area is 147 Å². The molecule has 3 heterocycles. The summed E-state index contributed by atoms with van der Waals surface area (Å²) in [6.45, 7) is 8.47. The maximum Gasteiger partial charge on any atom is 0.324 e. The minimum atomic E-state index is 0.0310. The first-order valence-corrected chi connectivity index (χ1v) is 9.54. The number of hydrogen-bond acceptors (Lipinski definition) is 7. The Bertz CT molecular complexity index is 672. The van der Waals surface area contributed by atoms with Crippen LogP contribution in [0.2, 0.25) is 0 Å². The van der Waals surface area contributed by atoms with E-state index in [9.17, 15) is 4.79 Å². The molecule has 2 aliphatic carbocycles. The number of likely N-dealkylation sites (tertiary alicyclic amines) is 1. The van der Waals surface area contributed by atoms with Crippen molar-refractivity contribution in [2.45, 2.75) is 39.2 Å². The molecule has 136 valence electrons. The Morgan fingerprint density at radius 3 is 2.76 bits per heavy atom. The molecular weight excluding hydrogens is 320 g/mol. The summed E-state index contributed by atoms with van der Waals surface area (Å²) in [4.78, 5) is 21.1. The van der Waals surface area contributed by atoms with Crippen LogP contribution >= 0.6 is 0 Å². The van der Waals surface area contributed by atoms with E-state index in [1.807, 2.05) is 13.8 Å². The summed E-state index contributed by atoms with van der Waals surface area (Å²) in [6.07, 6.45) is 3.75. The Hall–Kier alpha value is -1.63. The fourth-order valence-electron chi connectivity index (χ4n) is 5.49. The molecule has 0 amide bonds. The number of carbonyl (C=O) groups is 1. The van der Waals surface area contributed by atoms with Crippen molar-refractivity contribution < 1.29 is 14.1 Å². The Kier molecular flexibility index (Phi) is 3.39.